The Morgan fingerprint density at radius 2 is 1.64 bits per heavy atom. The average molecular weight is 574 g/mol. The lowest BCUT2D eigenvalue weighted by Crippen LogP contribution is -2.27. The van der Waals surface area contributed by atoms with E-state index in [0.717, 1.165) is 25.0 Å². The molecule has 14 heteroatoms. The van der Waals surface area contributed by atoms with Crippen molar-refractivity contribution in [3.8, 4) is 5.75 Å². The fourth-order valence-electron chi connectivity index (χ4n) is 4.02. The summed E-state index contributed by atoms with van der Waals surface area (Å²) < 4.78 is 61.2. The zero-order valence-corrected chi connectivity index (χ0v) is 22.8. The van der Waals surface area contributed by atoms with E-state index in [2.05, 4.69) is 15.2 Å². The summed E-state index contributed by atoms with van der Waals surface area (Å²) in [6.07, 6.45) is 1.67. The highest BCUT2D eigenvalue weighted by Gasteiger charge is 2.27. The molecule has 1 heterocycles. The standard InChI is InChI=1S/C25H27N5O7S2/c1-18(19-9-12-21(13-10-19)39(35,36)29-15-5-6-16-29)26-27-23-14-11-20(30(31)32)17-25(23)38(33,34)28-22-7-3-4-8-24(22)37-2/h3-4,7-14,17,27-28H,5-6,15-16H2,1-2H3/b26-18+. The number of hydrazone groups is 1. The van der Waals surface area contributed by atoms with Gasteiger partial charge in [0.15, 0.2) is 0 Å². The number of hydrogen-bond acceptors (Lipinski definition) is 9. The van der Waals surface area contributed by atoms with Gasteiger partial charge >= 0.3 is 0 Å². The van der Waals surface area contributed by atoms with Crippen LogP contribution in [0.25, 0.3) is 0 Å². The first-order valence-corrected chi connectivity index (χ1v) is 14.8. The lowest BCUT2D eigenvalue weighted by atomic mass is 10.1. The third-order valence-electron chi connectivity index (χ3n) is 6.14. The molecule has 0 bridgehead atoms. The largest absolute Gasteiger partial charge is 0.495 e. The van der Waals surface area contributed by atoms with Crippen molar-refractivity contribution >= 4 is 42.8 Å². The van der Waals surface area contributed by atoms with Gasteiger partial charge in [-0.05, 0) is 55.7 Å². The lowest BCUT2D eigenvalue weighted by Gasteiger charge is -2.15. The molecule has 3 aromatic carbocycles. The molecule has 0 saturated carbocycles. The molecule has 1 saturated heterocycles. The number of methoxy groups -OCH3 is 1. The van der Waals surface area contributed by atoms with Crippen molar-refractivity contribution in [1.29, 1.82) is 0 Å². The molecule has 0 aromatic heterocycles. The molecule has 206 valence electrons. The fraction of sp³-hybridized carbons (Fsp3) is 0.240. The first-order valence-electron chi connectivity index (χ1n) is 11.9. The quantitative estimate of drug-likeness (QED) is 0.209. The molecule has 0 spiro atoms. The number of ether oxygens (including phenoxy) is 1. The number of nitrogens with one attached hydrogen (secondary N) is 2. The molecule has 1 aliphatic heterocycles. The zero-order chi connectivity index (χ0) is 28.2. The molecule has 0 amide bonds. The number of hydrogen-bond donors (Lipinski definition) is 2. The van der Waals surface area contributed by atoms with Gasteiger partial charge in [-0.3, -0.25) is 20.3 Å². The van der Waals surface area contributed by atoms with Crippen LogP contribution in [0.2, 0.25) is 0 Å². The fourth-order valence-corrected chi connectivity index (χ4v) is 6.79. The van der Waals surface area contributed by atoms with E-state index >= 15 is 0 Å². The Labute approximate surface area is 226 Å². The van der Waals surface area contributed by atoms with Gasteiger partial charge in [0, 0.05) is 25.2 Å². The van der Waals surface area contributed by atoms with Crippen LogP contribution < -0.4 is 14.9 Å². The number of non-ortho nitro benzene ring substituents is 1. The molecule has 4 rings (SSSR count). The topological polar surface area (TPSA) is 160 Å². The van der Waals surface area contributed by atoms with Crippen molar-refractivity contribution in [3.05, 3.63) is 82.4 Å². The minimum Gasteiger partial charge on any atom is -0.495 e. The highest BCUT2D eigenvalue weighted by Crippen LogP contribution is 2.31. The Morgan fingerprint density at radius 3 is 2.28 bits per heavy atom. The molecule has 0 aliphatic carbocycles. The van der Waals surface area contributed by atoms with Gasteiger partial charge in [0.05, 0.1) is 34.0 Å². The molecule has 12 nitrogen and oxygen atoms in total. The minimum absolute atomic E-state index is 0.00409. The average Bonchev–Trinajstić information content (AvgIpc) is 3.48. The van der Waals surface area contributed by atoms with Crippen LogP contribution in [0.15, 0.2) is 81.6 Å². The summed E-state index contributed by atoms with van der Waals surface area (Å²) in [4.78, 5) is 10.4. The highest BCUT2D eigenvalue weighted by molar-refractivity contribution is 7.93. The second kappa shape index (κ2) is 11.4. The van der Waals surface area contributed by atoms with Crippen LogP contribution in [-0.2, 0) is 20.0 Å². The number of nitrogens with zero attached hydrogens (tertiary/aromatic N) is 3. The number of benzene rings is 3. The lowest BCUT2D eigenvalue weighted by molar-refractivity contribution is -0.385. The number of anilines is 2. The zero-order valence-electron chi connectivity index (χ0n) is 21.2. The van der Waals surface area contributed by atoms with Crippen LogP contribution in [0.4, 0.5) is 17.1 Å². The molecular formula is C25H27N5O7S2. The van der Waals surface area contributed by atoms with Gasteiger partial charge in [0.1, 0.15) is 10.6 Å². The van der Waals surface area contributed by atoms with Gasteiger partial charge in [0.25, 0.3) is 15.7 Å². The molecule has 39 heavy (non-hydrogen) atoms. The van der Waals surface area contributed by atoms with Crippen molar-refractivity contribution in [3.63, 3.8) is 0 Å². The summed E-state index contributed by atoms with van der Waals surface area (Å²) >= 11 is 0. The Balaban J connectivity index is 1.61. The first-order chi connectivity index (χ1) is 18.5. The van der Waals surface area contributed by atoms with Gasteiger partial charge in [-0.15, -0.1) is 0 Å². The number of nitro benzene ring substituents is 1. The van der Waals surface area contributed by atoms with E-state index in [4.69, 9.17) is 4.74 Å². The summed E-state index contributed by atoms with van der Waals surface area (Å²) in [5, 5.41) is 15.6. The number of para-hydroxylation sites is 2. The van der Waals surface area contributed by atoms with Crippen LogP contribution in [0.5, 0.6) is 5.75 Å². The van der Waals surface area contributed by atoms with Gasteiger partial charge in [0.2, 0.25) is 10.0 Å². The smallest absolute Gasteiger partial charge is 0.270 e. The molecule has 1 aliphatic rings. The molecule has 1 fully saturated rings. The monoisotopic (exact) mass is 573 g/mol. The van der Waals surface area contributed by atoms with E-state index in [1.165, 1.54) is 35.7 Å². The maximum absolute atomic E-state index is 13.3. The summed E-state index contributed by atoms with van der Waals surface area (Å²) in [5.74, 6) is 0.269. The van der Waals surface area contributed by atoms with E-state index in [1.807, 2.05) is 0 Å². The predicted molar refractivity (Wildman–Crippen MR) is 147 cm³/mol. The Kier molecular flexibility index (Phi) is 8.18. The van der Waals surface area contributed by atoms with Crippen LogP contribution in [0, 0.1) is 10.1 Å². The van der Waals surface area contributed by atoms with Crippen molar-refractivity contribution in [2.75, 3.05) is 30.3 Å². The van der Waals surface area contributed by atoms with Crippen LogP contribution in [0.1, 0.15) is 25.3 Å². The van der Waals surface area contributed by atoms with E-state index < -0.39 is 35.6 Å². The number of sulfonamides is 2. The summed E-state index contributed by atoms with van der Waals surface area (Å²) in [7, 11) is -6.48. The summed E-state index contributed by atoms with van der Waals surface area (Å²) in [6.45, 7) is 2.66. The molecular weight excluding hydrogens is 546 g/mol. The number of nitro groups is 1. The van der Waals surface area contributed by atoms with Crippen LogP contribution in [-0.4, -0.2) is 52.0 Å². The van der Waals surface area contributed by atoms with Crippen LogP contribution in [0.3, 0.4) is 0 Å². The van der Waals surface area contributed by atoms with E-state index in [-0.39, 0.29) is 22.0 Å². The second-order valence-electron chi connectivity index (χ2n) is 8.69. The van der Waals surface area contributed by atoms with Crippen LogP contribution >= 0.6 is 0 Å². The Bertz CT molecular complexity index is 1620. The molecule has 0 unspecified atom stereocenters. The second-order valence-corrected chi connectivity index (χ2v) is 12.3. The SMILES string of the molecule is COc1ccccc1NS(=O)(=O)c1cc([N+](=O)[O-])ccc1N/N=C(\C)c1ccc(S(=O)(=O)N2CCCC2)cc1. The molecule has 0 atom stereocenters. The van der Waals surface area contributed by atoms with Gasteiger partial charge < -0.3 is 4.74 Å². The van der Waals surface area contributed by atoms with Crippen molar-refractivity contribution in [2.45, 2.75) is 29.6 Å². The Hall–Kier alpha value is -4.01. The van der Waals surface area contributed by atoms with E-state index in [1.54, 1.807) is 37.3 Å². The summed E-state index contributed by atoms with van der Waals surface area (Å²) in [5.41, 5.74) is 3.43. The van der Waals surface area contributed by atoms with E-state index in [9.17, 15) is 26.9 Å². The van der Waals surface area contributed by atoms with Gasteiger partial charge in [-0.2, -0.15) is 9.41 Å². The third-order valence-corrected chi connectivity index (χ3v) is 9.45. The summed E-state index contributed by atoms with van der Waals surface area (Å²) in [6, 6.07) is 15.9. The molecule has 0 radical (unpaired) electrons. The molecule has 2 N–H and O–H groups in total. The minimum atomic E-state index is -4.31. The Morgan fingerprint density at radius 1 is 0.974 bits per heavy atom. The predicted octanol–water partition coefficient (Wildman–Crippen LogP) is 4.02. The van der Waals surface area contributed by atoms with Gasteiger partial charge in [-0.25, -0.2) is 16.8 Å². The maximum atomic E-state index is 13.3. The van der Waals surface area contributed by atoms with Crippen molar-refractivity contribution in [1.82, 2.24) is 4.31 Å². The number of rotatable bonds is 10. The molecule has 3 aromatic rings. The highest BCUT2D eigenvalue weighted by atomic mass is 32.2. The van der Waals surface area contributed by atoms with Gasteiger partial charge in [-0.1, -0.05) is 24.3 Å². The third kappa shape index (κ3) is 6.19. The first kappa shape index (κ1) is 28.0. The van der Waals surface area contributed by atoms with E-state index in [0.29, 0.717) is 24.4 Å². The van der Waals surface area contributed by atoms with Crippen molar-refractivity contribution in [2.24, 2.45) is 5.10 Å². The van der Waals surface area contributed by atoms with Crippen molar-refractivity contribution < 1.29 is 26.5 Å². The normalized spacial score (nSPS) is 14.7. The maximum Gasteiger partial charge on any atom is 0.270 e.